The lowest BCUT2D eigenvalue weighted by atomic mass is 10.2. The number of benzene rings is 1. The van der Waals surface area contributed by atoms with Gasteiger partial charge in [-0.15, -0.1) is 11.6 Å². The van der Waals surface area contributed by atoms with Gasteiger partial charge in [-0.25, -0.2) is 4.79 Å². The molecule has 1 heterocycles. The number of alkyl halides is 1. The first-order chi connectivity index (χ1) is 9.10. The van der Waals surface area contributed by atoms with E-state index in [1.54, 1.807) is 12.1 Å². The Balaban J connectivity index is 2.13. The fourth-order valence-electron chi connectivity index (χ4n) is 1.74. The van der Waals surface area contributed by atoms with Crippen LogP contribution in [0.4, 0.5) is 5.69 Å². The van der Waals surface area contributed by atoms with Gasteiger partial charge in [0.25, 0.3) is 0 Å². The van der Waals surface area contributed by atoms with Gasteiger partial charge in [0, 0.05) is 16.8 Å². The molecule has 3 N–H and O–H groups in total. The Hall–Kier alpha value is -1.27. The van der Waals surface area contributed by atoms with Crippen molar-refractivity contribution in [1.29, 1.82) is 0 Å². The molecule has 0 atom stereocenters. The molecule has 2 aromatic rings. The molecule has 19 heavy (non-hydrogen) atoms. The largest absolute Gasteiger partial charge is 0.325 e. The lowest BCUT2D eigenvalue weighted by molar-refractivity contribution is -0.116. The highest BCUT2D eigenvalue weighted by Gasteiger charge is 2.08. The number of nitrogens with one attached hydrogen (secondary N) is 3. The van der Waals surface area contributed by atoms with Crippen LogP contribution >= 0.6 is 27.5 Å². The fraction of sp³-hybridized carbons (Fsp3) is 0.333. The summed E-state index contributed by atoms with van der Waals surface area (Å²) in [4.78, 5) is 28.2. The van der Waals surface area contributed by atoms with Crippen molar-refractivity contribution in [2.45, 2.75) is 19.3 Å². The van der Waals surface area contributed by atoms with Crippen molar-refractivity contribution in [1.82, 2.24) is 9.97 Å². The first-order valence-electron chi connectivity index (χ1n) is 5.87. The summed E-state index contributed by atoms with van der Waals surface area (Å²) in [7, 11) is 0. The number of hydrogen-bond acceptors (Lipinski definition) is 2. The Morgan fingerprint density at radius 3 is 2.63 bits per heavy atom. The molecule has 1 aromatic heterocycles. The Morgan fingerprint density at radius 1 is 1.26 bits per heavy atom. The zero-order valence-corrected chi connectivity index (χ0v) is 12.4. The van der Waals surface area contributed by atoms with Gasteiger partial charge in [0.05, 0.1) is 16.7 Å². The van der Waals surface area contributed by atoms with Gasteiger partial charge in [-0.1, -0.05) is 0 Å². The minimum absolute atomic E-state index is 0.0666. The second-order valence-electron chi connectivity index (χ2n) is 4.15. The van der Waals surface area contributed by atoms with E-state index in [0.717, 1.165) is 17.3 Å². The maximum absolute atomic E-state index is 11.7. The van der Waals surface area contributed by atoms with Gasteiger partial charge >= 0.3 is 5.69 Å². The average Bonchev–Trinajstić information content (AvgIpc) is 2.69. The summed E-state index contributed by atoms with van der Waals surface area (Å²) in [6.45, 7) is 0. The smallest absolute Gasteiger partial charge is 0.323 e. The molecule has 2 rings (SSSR count). The van der Waals surface area contributed by atoms with E-state index >= 15 is 0 Å². The van der Waals surface area contributed by atoms with Crippen LogP contribution in [0.1, 0.15) is 19.3 Å². The maximum atomic E-state index is 11.7. The number of rotatable bonds is 5. The number of imidazole rings is 1. The minimum atomic E-state index is -0.271. The van der Waals surface area contributed by atoms with E-state index in [0.29, 0.717) is 29.0 Å². The highest BCUT2D eigenvalue weighted by Crippen LogP contribution is 2.26. The average molecular weight is 347 g/mol. The van der Waals surface area contributed by atoms with Crippen LogP contribution in [0.2, 0.25) is 0 Å². The molecular formula is C12H13BrClN3O2. The molecule has 0 aliphatic carbocycles. The van der Waals surface area contributed by atoms with Gasteiger partial charge in [-0.05, 0) is 40.9 Å². The second kappa shape index (κ2) is 6.25. The predicted molar refractivity (Wildman–Crippen MR) is 79.8 cm³/mol. The molecule has 0 saturated heterocycles. The Morgan fingerprint density at radius 2 is 1.95 bits per heavy atom. The van der Waals surface area contributed by atoms with E-state index < -0.39 is 0 Å². The first kappa shape index (κ1) is 14.1. The molecule has 0 unspecified atom stereocenters. The summed E-state index contributed by atoms with van der Waals surface area (Å²) in [6, 6.07) is 3.47. The maximum Gasteiger partial charge on any atom is 0.323 e. The number of amides is 1. The Labute approximate surface area is 122 Å². The van der Waals surface area contributed by atoms with Crippen molar-refractivity contribution in [3.8, 4) is 0 Å². The van der Waals surface area contributed by atoms with Gasteiger partial charge in [-0.3, -0.25) is 4.79 Å². The van der Waals surface area contributed by atoms with E-state index in [4.69, 9.17) is 11.6 Å². The van der Waals surface area contributed by atoms with Crippen molar-refractivity contribution in [3.05, 3.63) is 27.1 Å². The molecule has 0 aliphatic heterocycles. The zero-order valence-electron chi connectivity index (χ0n) is 10.1. The predicted octanol–water partition coefficient (Wildman–Crippen LogP) is 2.97. The van der Waals surface area contributed by atoms with Crippen molar-refractivity contribution in [2.75, 3.05) is 11.2 Å². The number of fused-ring (bicyclic) bond motifs is 1. The summed E-state index contributed by atoms with van der Waals surface area (Å²) >= 11 is 8.93. The third kappa shape index (κ3) is 3.61. The summed E-state index contributed by atoms with van der Waals surface area (Å²) in [6.07, 6.45) is 2.01. The molecule has 0 bridgehead atoms. The summed E-state index contributed by atoms with van der Waals surface area (Å²) in [5.41, 5.74) is 1.72. The number of aromatic nitrogens is 2. The third-order valence-corrected chi connectivity index (χ3v) is 3.59. The Bertz CT molecular complexity index is 650. The van der Waals surface area contributed by atoms with Crippen LogP contribution in [0.3, 0.4) is 0 Å². The van der Waals surface area contributed by atoms with Crippen LogP contribution in [0, 0.1) is 0 Å². The van der Waals surface area contributed by atoms with Crippen molar-refractivity contribution >= 4 is 50.2 Å². The van der Waals surface area contributed by atoms with Crippen LogP contribution in [0.15, 0.2) is 21.4 Å². The van der Waals surface area contributed by atoms with Crippen LogP contribution in [-0.2, 0) is 4.79 Å². The number of hydrogen-bond donors (Lipinski definition) is 3. The number of aromatic amines is 2. The van der Waals surface area contributed by atoms with Crippen LogP contribution in [0.25, 0.3) is 11.0 Å². The normalized spacial score (nSPS) is 10.8. The second-order valence-corrected chi connectivity index (χ2v) is 5.38. The van der Waals surface area contributed by atoms with Crippen LogP contribution in [0.5, 0.6) is 0 Å². The van der Waals surface area contributed by atoms with E-state index in [9.17, 15) is 9.59 Å². The molecule has 5 nitrogen and oxygen atoms in total. The highest BCUT2D eigenvalue weighted by atomic mass is 79.9. The van der Waals surface area contributed by atoms with Crippen molar-refractivity contribution in [2.24, 2.45) is 0 Å². The third-order valence-electron chi connectivity index (χ3n) is 2.67. The standard InChI is InChI=1S/C12H13BrClN3O2/c13-7-5-9-10(17-12(19)16-9)6-8(7)15-11(18)3-1-2-4-14/h5-6H,1-4H2,(H,15,18)(H2,16,17,19). The fourth-order valence-corrected chi connectivity index (χ4v) is 2.38. The molecule has 0 aliphatic rings. The minimum Gasteiger partial charge on any atom is -0.325 e. The van der Waals surface area contributed by atoms with E-state index in [2.05, 4.69) is 31.2 Å². The molecular weight excluding hydrogens is 334 g/mol. The van der Waals surface area contributed by atoms with E-state index in [1.807, 2.05) is 0 Å². The number of H-pyrrole nitrogens is 2. The lowest BCUT2D eigenvalue weighted by Gasteiger charge is -2.07. The quantitative estimate of drug-likeness (QED) is 0.575. The van der Waals surface area contributed by atoms with Gasteiger partial charge in [0.1, 0.15) is 0 Å². The number of carbonyl (C=O) groups excluding carboxylic acids is 1. The van der Waals surface area contributed by atoms with Crippen molar-refractivity contribution < 1.29 is 4.79 Å². The van der Waals surface area contributed by atoms with Crippen LogP contribution < -0.4 is 11.0 Å². The molecule has 1 aromatic carbocycles. The first-order valence-corrected chi connectivity index (χ1v) is 7.20. The molecule has 0 saturated carbocycles. The molecule has 7 heteroatoms. The van der Waals surface area contributed by atoms with Gasteiger partial charge in [-0.2, -0.15) is 0 Å². The number of unbranched alkanes of at least 4 members (excludes halogenated alkanes) is 1. The number of anilines is 1. The van der Waals surface area contributed by atoms with Crippen LogP contribution in [-0.4, -0.2) is 21.8 Å². The molecule has 102 valence electrons. The highest BCUT2D eigenvalue weighted by molar-refractivity contribution is 9.10. The van der Waals surface area contributed by atoms with Gasteiger partial charge < -0.3 is 15.3 Å². The van der Waals surface area contributed by atoms with Gasteiger partial charge in [0.15, 0.2) is 0 Å². The zero-order chi connectivity index (χ0) is 13.8. The monoisotopic (exact) mass is 345 g/mol. The van der Waals surface area contributed by atoms with E-state index in [-0.39, 0.29) is 11.6 Å². The Kier molecular flexibility index (Phi) is 4.66. The molecule has 0 spiro atoms. The molecule has 0 fully saturated rings. The summed E-state index contributed by atoms with van der Waals surface area (Å²) in [5, 5.41) is 2.81. The van der Waals surface area contributed by atoms with Crippen molar-refractivity contribution in [3.63, 3.8) is 0 Å². The number of halogens is 2. The lowest BCUT2D eigenvalue weighted by Crippen LogP contribution is -2.11. The van der Waals surface area contributed by atoms with E-state index in [1.165, 1.54) is 0 Å². The summed E-state index contributed by atoms with van der Waals surface area (Å²) < 4.78 is 0.723. The molecule has 1 amide bonds. The molecule has 0 radical (unpaired) electrons. The van der Waals surface area contributed by atoms with Gasteiger partial charge in [0.2, 0.25) is 5.91 Å². The SMILES string of the molecule is O=C(CCCCCl)Nc1cc2[nH]c(=O)[nH]c2cc1Br. The number of carbonyl (C=O) groups is 1. The summed E-state index contributed by atoms with van der Waals surface area (Å²) in [5.74, 6) is 0.496. The topological polar surface area (TPSA) is 77.8 Å².